The van der Waals surface area contributed by atoms with Gasteiger partial charge < -0.3 is 15.1 Å². The normalized spacial score (nSPS) is 16.4. The second-order valence-corrected chi connectivity index (χ2v) is 11.0. The fourth-order valence-corrected chi connectivity index (χ4v) is 5.27. The number of halogens is 1. The molecule has 4 rings (SSSR count). The van der Waals surface area contributed by atoms with E-state index in [0.717, 1.165) is 42.8 Å². The lowest BCUT2D eigenvalue weighted by atomic mass is 9.98. The Morgan fingerprint density at radius 2 is 1.80 bits per heavy atom. The molecule has 0 aliphatic carbocycles. The predicted octanol–water partition coefficient (Wildman–Crippen LogP) is 4.26. The van der Waals surface area contributed by atoms with Crippen molar-refractivity contribution in [2.45, 2.75) is 64.3 Å². The average Bonchev–Trinajstić information content (AvgIpc) is 3.44. The van der Waals surface area contributed by atoms with Gasteiger partial charge in [-0.05, 0) is 68.2 Å². The number of amides is 1. The zero-order valence-electron chi connectivity index (χ0n) is 23.8. The Morgan fingerprint density at radius 1 is 1.07 bits per heavy atom. The van der Waals surface area contributed by atoms with Gasteiger partial charge in [0.1, 0.15) is 6.67 Å². The van der Waals surface area contributed by atoms with Crippen molar-refractivity contribution in [1.82, 2.24) is 14.9 Å². The Bertz CT molecular complexity index is 1430. The van der Waals surface area contributed by atoms with Crippen LogP contribution in [0, 0.1) is 5.92 Å². The van der Waals surface area contributed by atoms with E-state index in [4.69, 9.17) is 9.97 Å². The SMILES string of the molecule is C=C/C=c1/nc(-c2ccccc2)c(CCCCC(C)(O)O)n/c1=C/CC(=O)N1CCC(Cc2ccc(CF)cc2)C1. The summed E-state index contributed by atoms with van der Waals surface area (Å²) >= 11 is 0. The first-order valence-corrected chi connectivity index (χ1v) is 14.4. The highest BCUT2D eigenvalue weighted by atomic mass is 19.1. The number of aryl methyl sites for hydroxylation is 1. The number of allylic oxidation sites excluding steroid dienone is 1. The first-order valence-electron chi connectivity index (χ1n) is 14.4. The highest BCUT2D eigenvalue weighted by Gasteiger charge is 2.25. The molecule has 216 valence electrons. The van der Waals surface area contributed by atoms with Crippen molar-refractivity contribution in [3.8, 4) is 11.3 Å². The van der Waals surface area contributed by atoms with Crippen molar-refractivity contribution in [3.05, 3.63) is 94.8 Å². The Hall–Kier alpha value is -3.68. The summed E-state index contributed by atoms with van der Waals surface area (Å²) in [6.45, 7) is 6.21. The zero-order valence-corrected chi connectivity index (χ0v) is 23.8. The van der Waals surface area contributed by atoms with Gasteiger partial charge in [-0.25, -0.2) is 14.4 Å². The van der Waals surface area contributed by atoms with Crippen molar-refractivity contribution in [3.63, 3.8) is 0 Å². The van der Waals surface area contributed by atoms with Crippen molar-refractivity contribution < 1.29 is 19.4 Å². The molecule has 1 aliphatic rings. The minimum absolute atomic E-state index is 0.0606. The van der Waals surface area contributed by atoms with Gasteiger partial charge in [0.05, 0.1) is 22.1 Å². The lowest BCUT2D eigenvalue weighted by molar-refractivity contribution is -0.150. The summed E-state index contributed by atoms with van der Waals surface area (Å²) in [5.74, 6) is -1.24. The largest absolute Gasteiger partial charge is 0.366 e. The van der Waals surface area contributed by atoms with Gasteiger partial charge in [0.2, 0.25) is 5.91 Å². The number of unbranched alkanes of at least 4 members (excludes halogenated alkanes) is 1. The summed E-state index contributed by atoms with van der Waals surface area (Å²) in [7, 11) is 0. The van der Waals surface area contributed by atoms with Crippen LogP contribution in [0.1, 0.15) is 55.8 Å². The summed E-state index contributed by atoms with van der Waals surface area (Å²) in [5, 5.41) is 20.6. The van der Waals surface area contributed by atoms with Crippen LogP contribution in [0.5, 0.6) is 0 Å². The fourth-order valence-electron chi connectivity index (χ4n) is 5.27. The van der Waals surface area contributed by atoms with Crippen LogP contribution < -0.4 is 10.7 Å². The van der Waals surface area contributed by atoms with Gasteiger partial charge in [-0.3, -0.25) is 4.79 Å². The Morgan fingerprint density at radius 3 is 2.49 bits per heavy atom. The van der Waals surface area contributed by atoms with Gasteiger partial charge in [-0.15, -0.1) is 0 Å². The monoisotopic (exact) mass is 557 g/mol. The van der Waals surface area contributed by atoms with Crippen molar-refractivity contribution in [2.24, 2.45) is 5.92 Å². The first kappa shape index (κ1) is 30.3. The Balaban J connectivity index is 1.51. The van der Waals surface area contributed by atoms with Gasteiger partial charge in [-0.2, -0.15) is 0 Å². The molecule has 0 spiro atoms. The second-order valence-electron chi connectivity index (χ2n) is 11.0. The average molecular weight is 558 g/mol. The van der Waals surface area contributed by atoms with E-state index >= 15 is 0 Å². The predicted molar refractivity (Wildman–Crippen MR) is 161 cm³/mol. The Labute approximate surface area is 241 Å². The van der Waals surface area contributed by atoms with Crippen LogP contribution in [0.15, 0.2) is 67.3 Å². The summed E-state index contributed by atoms with van der Waals surface area (Å²) in [5.41, 5.74) is 4.39. The van der Waals surface area contributed by atoms with E-state index in [9.17, 15) is 19.4 Å². The van der Waals surface area contributed by atoms with E-state index in [1.165, 1.54) is 12.5 Å². The third kappa shape index (κ3) is 8.90. The van der Waals surface area contributed by atoms with Crippen LogP contribution in [-0.4, -0.2) is 49.9 Å². The minimum atomic E-state index is -1.69. The number of hydrogen-bond acceptors (Lipinski definition) is 5. The highest BCUT2D eigenvalue weighted by molar-refractivity contribution is 5.81. The lowest BCUT2D eigenvalue weighted by Crippen LogP contribution is -2.35. The third-order valence-corrected chi connectivity index (χ3v) is 7.47. The molecule has 1 fully saturated rings. The van der Waals surface area contributed by atoms with E-state index in [2.05, 4.69) is 6.58 Å². The molecular weight excluding hydrogens is 517 g/mol. The highest BCUT2D eigenvalue weighted by Crippen LogP contribution is 2.23. The molecule has 6 nitrogen and oxygen atoms in total. The van der Waals surface area contributed by atoms with Gasteiger partial charge in [0.15, 0.2) is 5.79 Å². The number of carbonyl (C=O) groups excluding carboxylic acids is 1. The molecule has 0 saturated carbocycles. The van der Waals surface area contributed by atoms with E-state index < -0.39 is 12.5 Å². The molecule has 1 aromatic heterocycles. The molecule has 2 N–H and O–H groups in total. The number of aliphatic hydroxyl groups is 2. The number of alkyl halides is 1. The first-order chi connectivity index (χ1) is 19.8. The number of aromatic nitrogens is 2. The molecule has 41 heavy (non-hydrogen) atoms. The molecule has 7 heteroatoms. The molecule has 1 saturated heterocycles. The number of benzene rings is 2. The van der Waals surface area contributed by atoms with Crippen molar-refractivity contribution in [1.29, 1.82) is 0 Å². The zero-order chi connectivity index (χ0) is 29.2. The van der Waals surface area contributed by atoms with Gasteiger partial charge in [0.25, 0.3) is 0 Å². The maximum absolute atomic E-state index is 13.2. The number of hydrogen-bond donors (Lipinski definition) is 2. The molecule has 1 amide bonds. The van der Waals surface area contributed by atoms with Crippen molar-refractivity contribution in [2.75, 3.05) is 13.1 Å². The van der Waals surface area contributed by atoms with Crippen LogP contribution in [0.2, 0.25) is 0 Å². The molecular formula is C34H40FN3O3. The van der Waals surface area contributed by atoms with Crippen LogP contribution in [0.4, 0.5) is 4.39 Å². The minimum Gasteiger partial charge on any atom is -0.366 e. The summed E-state index contributed by atoms with van der Waals surface area (Å²) in [4.78, 5) is 25.0. The molecule has 3 aromatic rings. The quantitative estimate of drug-likeness (QED) is 0.257. The molecule has 2 aromatic carbocycles. The molecule has 2 heterocycles. The van der Waals surface area contributed by atoms with Gasteiger partial charge >= 0.3 is 0 Å². The third-order valence-electron chi connectivity index (χ3n) is 7.47. The summed E-state index contributed by atoms with van der Waals surface area (Å²) in [6.07, 6.45) is 9.63. The van der Waals surface area contributed by atoms with Gasteiger partial charge in [0, 0.05) is 31.5 Å². The van der Waals surface area contributed by atoms with Gasteiger partial charge in [-0.1, -0.05) is 67.3 Å². The maximum atomic E-state index is 13.2. The lowest BCUT2D eigenvalue weighted by Gasteiger charge is -2.16. The summed E-state index contributed by atoms with van der Waals surface area (Å²) < 4.78 is 12.8. The Kier molecular flexibility index (Phi) is 10.6. The van der Waals surface area contributed by atoms with Crippen LogP contribution in [-0.2, 0) is 24.3 Å². The van der Waals surface area contributed by atoms with E-state index in [1.54, 1.807) is 6.08 Å². The topological polar surface area (TPSA) is 86.5 Å². The number of rotatable bonds is 12. The van der Waals surface area contributed by atoms with E-state index in [0.29, 0.717) is 41.6 Å². The van der Waals surface area contributed by atoms with Crippen molar-refractivity contribution >= 4 is 18.1 Å². The molecule has 1 atom stereocenters. The molecule has 1 unspecified atom stereocenters. The number of likely N-dealkylation sites (tertiary alicyclic amines) is 1. The second kappa shape index (κ2) is 14.3. The standard InChI is InChI=1S/C34H40FN3O3/c1-3-9-29-30(17-18-32(39)38-21-19-27(24-38)22-25-13-15-26(23-35)16-14-25)36-31(12-7-8-20-34(2,40)41)33(37-29)28-10-5-4-6-11-28/h3-6,9-11,13-17,27,40-41H,1,7-8,12,18-24H2,2H3/b29-9+,30-17+. The van der Waals surface area contributed by atoms with E-state index in [-0.39, 0.29) is 18.7 Å². The van der Waals surface area contributed by atoms with Crippen LogP contribution in [0.3, 0.4) is 0 Å². The summed E-state index contributed by atoms with van der Waals surface area (Å²) in [6, 6.07) is 17.5. The smallest absolute Gasteiger partial charge is 0.226 e. The van der Waals surface area contributed by atoms with E-state index in [1.807, 2.05) is 71.6 Å². The maximum Gasteiger partial charge on any atom is 0.226 e. The fraction of sp³-hybridized carbons (Fsp3) is 0.382. The van der Waals surface area contributed by atoms with Crippen LogP contribution >= 0.6 is 0 Å². The van der Waals surface area contributed by atoms with Crippen LogP contribution in [0.25, 0.3) is 23.4 Å². The molecule has 0 radical (unpaired) electrons. The number of nitrogens with zero attached hydrogens (tertiary/aromatic N) is 3. The molecule has 1 aliphatic heterocycles. The number of carbonyl (C=O) groups is 1. The molecule has 0 bridgehead atoms.